The Kier molecular flexibility index (Phi) is 4.23. The predicted octanol–water partition coefficient (Wildman–Crippen LogP) is 3.01. The van der Waals surface area contributed by atoms with Gasteiger partial charge in [0, 0.05) is 13.1 Å². The second-order valence-corrected chi connectivity index (χ2v) is 5.55. The van der Waals surface area contributed by atoms with Gasteiger partial charge in [-0.1, -0.05) is 20.8 Å². The van der Waals surface area contributed by atoms with Crippen molar-refractivity contribution < 1.29 is 5.11 Å². The lowest BCUT2D eigenvalue weighted by Crippen LogP contribution is -2.38. The van der Waals surface area contributed by atoms with Crippen LogP contribution >= 0.6 is 0 Å². The standard InChI is InChI=1S/C15H24N2O/c1-4-15(18)14-6-5-13(9-16-14)17-8-7-11(2)12(3)10-17/h5-6,9,11-12,15,18H,4,7-8,10H2,1-3H3. The fourth-order valence-electron chi connectivity index (χ4n) is 2.49. The van der Waals surface area contributed by atoms with Gasteiger partial charge in [0.2, 0.25) is 0 Å². The fourth-order valence-corrected chi connectivity index (χ4v) is 2.49. The lowest BCUT2D eigenvalue weighted by molar-refractivity contribution is 0.169. The summed E-state index contributed by atoms with van der Waals surface area (Å²) in [6.07, 6.45) is 3.43. The molecule has 2 heterocycles. The van der Waals surface area contributed by atoms with Gasteiger partial charge in [0.1, 0.15) is 0 Å². The first-order chi connectivity index (χ1) is 8.61. The monoisotopic (exact) mass is 248 g/mol. The van der Waals surface area contributed by atoms with E-state index in [1.165, 1.54) is 12.1 Å². The van der Waals surface area contributed by atoms with Crippen LogP contribution < -0.4 is 4.90 Å². The topological polar surface area (TPSA) is 36.4 Å². The normalized spacial score (nSPS) is 26.1. The molecule has 3 unspecified atom stereocenters. The summed E-state index contributed by atoms with van der Waals surface area (Å²) >= 11 is 0. The largest absolute Gasteiger partial charge is 0.387 e. The van der Waals surface area contributed by atoms with Crippen LogP contribution in [0.2, 0.25) is 0 Å². The highest BCUT2D eigenvalue weighted by Gasteiger charge is 2.23. The lowest BCUT2D eigenvalue weighted by Gasteiger charge is -2.36. The maximum absolute atomic E-state index is 9.73. The summed E-state index contributed by atoms with van der Waals surface area (Å²) in [5, 5.41) is 9.73. The first-order valence-electron chi connectivity index (χ1n) is 7.00. The molecule has 1 aromatic heterocycles. The highest BCUT2D eigenvalue weighted by Crippen LogP contribution is 2.27. The molecule has 3 atom stereocenters. The van der Waals surface area contributed by atoms with Crippen molar-refractivity contribution >= 4 is 5.69 Å². The van der Waals surface area contributed by atoms with E-state index >= 15 is 0 Å². The number of pyridine rings is 1. The summed E-state index contributed by atoms with van der Waals surface area (Å²) in [6.45, 7) is 8.84. The summed E-state index contributed by atoms with van der Waals surface area (Å²) in [5.41, 5.74) is 1.96. The molecule has 0 radical (unpaired) electrons. The third-order valence-corrected chi connectivity index (χ3v) is 4.20. The van der Waals surface area contributed by atoms with Gasteiger partial charge >= 0.3 is 0 Å². The van der Waals surface area contributed by atoms with Crippen molar-refractivity contribution in [3.63, 3.8) is 0 Å². The van der Waals surface area contributed by atoms with E-state index in [1.807, 2.05) is 19.2 Å². The molecule has 1 aliphatic rings. The molecule has 18 heavy (non-hydrogen) atoms. The van der Waals surface area contributed by atoms with E-state index in [0.717, 1.165) is 30.6 Å². The zero-order valence-electron chi connectivity index (χ0n) is 11.6. The molecule has 1 aromatic rings. The van der Waals surface area contributed by atoms with Gasteiger partial charge in [-0.3, -0.25) is 4.98 Å². The zero-order chi connectivity index (χ0) is 13.1. The van der Waals surface area contributed by atoms with Gasteiger partial charge in [-0.15, -0.1) is 0 Å². The molecule has 1 saturated heterocycles. The Morgan fingerprint density at radius 3 is 2.72 bits per heavy atom. The maximum atomic E-state index is 9.73. The number of nitrogens with zero attached hydrogens (tertiary/aromatic N) is 2. The van der Waals surface area contributed by atoms with Gasteiger partial charge in [0.25, 0.3) is 0 Å². The Balaban J connectivity index is 2.06. The SMILES string of the molecule is CCC(O)c1ccc(N2CCC(C)C(C)C2)cn1. The summed E-state index contributed by atoms with van der Waals surface area (Å²) < 4.78 is 0. The van der Waals surface area contributed by atoms with E-state index < -0.39 is 6.10 Å². The molecule has 1 aliphatic heterocycles. The Morgan fingerprint density at radius 2 is 2.17 bits per heavy atom. The summed E-state index contributed by atoms with van der Waals surface area (Å²) in [6, 6.07) is 4.04. The molecule has 0 aromatic carbocycles. The number of rotatable bonds is 3. The summed E-state index contributed by atoms with van der Waals surface area (Å²) in [7, 11) is 0. The molecule has 3 nitrogen and oxygen atoms in total. The van der Waals surface area contributed by atoms with E-state index in [9.17, 15) is 5.11 Å². The molecule has 0 saturated carbocycles. The number of aromatic nitrogens is 1. The van der Waals surface area contributed by atoms with Gasteiger partial charge in [-0.25, -0.2) is 0 Å². The van der Waals surface area contributed by atoms with E-state index in [4.69, 9.17) is 0 Å². The lowest BCUT2D eigenvalue weighted by atomic mass is 9.88. The van der Waals surface area contributed by atoms with E-state index in [1.54, 1.807) is 0 Å². The van der Waals surface area contributed by atoms with Crippen LogP contribution in [0.4, 0.5) is 5.69 Å². The van der Waals surface area contributed by atoms with Crippen LogP contribution in [0.15, 0.2) is 18.3 Å². The smallest absolute Gasteiger partial charge is 0.0957 e. The maximum Gasteiger partial charge on any atom is 0.0957 e. The van der Waals surface area contributed by atoms with E-state index in [0.29, 0.717) is 6.42 Å². The van der Waals surface area contributed by atoms with Gasteiger partial charge in [0.15, 0.2) is 0 Å². The molecular weight excluding hydrogens is 224 g/mol. The Hall–Kier alpha value is -1.09. The molecule has 1 fully saturated rings. The van der Waals surface area contributed by atoms with Crippen molar-refractivity contribution in [2.24, 2.45) is 11.8 Å². The van der Waals surface area contributed by atoms with Crippen LogP contribution in [0.25, 0.3) is 0 Å². The Bertz CT molecular complexity index is 377. The van der Waals surface area contributed by atoms with Crippen LogP contribution in [0.1, 0.15) is 45.4 Å². The number of anilines is 1. The van der Waals surface area contributed by atoms with Crippen molar-refractivity contribution in [1.29, 1.82) is 0 Å². The second kappa shape index (κ2) is 5.70. The summed E-state index contributed by atoms with van der Waals surface area (Å²) in [5.74, 6) is 1.55. The number of piperidine rings is 1. The number of aliphatic hydroxyl groups is 1. The average Bonchev–Trinajstić information content (AvgIpc) is 2.41. The van der Waals surface area contributed by atoms with Crippen molar-refractivity contribution in [3.05, 3.63) is 24.0 Å². The first kappa shape index (κ1) is 13.3. The van der Waals surface area contributed by atoms with Crippen molar-refractivity contribution in [2.75, 3.05) is 18.0 Å². The highest BCUT2D eigenvalue weighted by atomic mass is 16.3. The Morgan fingerprint density at radius 1 is 1.39 bits per heavy atom. The van der Waals surface area contributed by atoms with Crippen molar-refractivity contribution in [2.45, 2.75) is 39.7 Å². The first-order valence-corrected chi connectivity index (χ1v) is 7.00. The van der Waals surface area contributed by atoms with Crippen molar-refractivity contribution in [1.82, 2.24) is 4.98 Å². The predicted molar refractivity (Wildman–Crippen MR) is 74.6 cm³/mol. The molecule has 0 aliphatic carbocycles. The van der Waals surface area contributed by atoms with Crippen LogP contribution in [0.3, 0.4) is 0 Å². The molecule has 0 bridgehead atoms. The fraction of sp³-hybridized carbons (Fsp3) is 0.667. The quantitative estimate of drug-likeness (QED) is 0.893. The van der Waals surface area contributed by atoms with Crippen LogP contribution in [0, 0.1) is 11.8 Å². The minimum absolute atomic E-state index is 0.431. The number of hydrogen-bond acceptors (Lipinski definition) is 3. The van der Waals surface area contributed by atoms with Crippen LogP contribution in [-0.2, 0) is 0 Å². The molecular formula is C15H24N2O. The third-order valence-electron chi connectivity index (χ3n) is 4.20. The van der Waals surface area contributed by atoms with E-state index in [-0.39, 0.29) is 0 Å². The van der Waals surface area contributed by atoms with Gasteiger partial charge in [-0.05, 0) is 36.8 Å². The van der Waals surface area contributed by atoms with Gasteiger partial charge < -0.3 is 10.0 Å². The minimum Gasteiger partial charge on any atom is -0.387 e. The summed E-state index contributed by atoms with van der Waals surface area (Å²) in [4.78, 5) is 6.78. The van der Waals surface area contributed by atoms with Gasteiger partial charge in [0.05, 0.1) is 23.7 Å². The van der Waals surface area contributed by atoms with Crippen LogP contribution in [-0.4, -0.2) is 23.2 Å². The van der Waals surface area contributed by atoms with Gasteiger partial charge in [-0.2, -0.15) is 0 Å². The zero-order valence-corrected chi connectivity index (χ0v) is 11.6. The third kappa shape index (κ3) is 2.83. The number of aliphatic hydroxyl groups excluding tert-OH is 1. The molecule has 2 rings (SSSR count). The molecule has 100 valence electrons. The highest BCUT2D eigenvalue weighted by molar-refractivity contribution is 5.45. The molecule has 3 heteroatoms. The molecule has 1 N–H and O–H groups in total. The minimum atomic E-state index is -0.431. The van der Waals surface area contributed by atoms with E-state index in [2.05, 4.69) is 29.8 Å². The van der Waals surface area contributed by atoms with Crippen LogP contribution in [0.5, 0.6) is 0 Å². The van der Waals surface area contributed by atoms with Crippen molar-refractivity contribution in [3.8, 4) is 0 Å². The second-order valence-electron chi connectivity index (χ2n) is 5.55. The number of hydrogen-bond donors (Lipinski definition) is 1. The molecule has 0 amide bonds. The molecule has 0 spiro atoms. The average molecular weight is 248 g/mol. The Labute approximate surface area is 110 Å².